The fourth-order valence-corrected chi connectivity index (χ4v) is 2.48. The Morgan fingerprint density at radius 1 is 1.11 bits per heavy atom. The van der Waals surface area contributed by atoms with Crippen molar-refractivity contribution in [3.8, 4) is 5.75 Å². The smallest absolute Gasteiger partial charge is 0.419 e. The van der Waals surface area contributed by atoms with E-state index in [1.54, 1.807) is 7.05 Å². The van der Waals surface area contributed by atoms with Crippen molar-refractivity contribution in [1.82, 2.24) is 15.6 Å². The number of hydrogen-bond acceptors (Lipinski definition) is 4. The molecule has 6 nitrogen and oxygen atoms in total. The topological polar surface area (TPSA) is 70.6 Å². The fourth-order valence-electron chi connectivity index (χ4n) is 2.48. The first-order chi connectivity index (χ1) is 13.5. The molecular formula is C19H24F3N5O. The summed E-state index contributed by atoms with van der Waals surface area (Å²) in [6.45, 7) is 3.60. The van der Waals surface area contributed by atoms with Gasteiger partial charge in [-0.3, -0.25) is 4.99 Å². The van der Waals surface area contributed by atoms with Gasteiger partial charge in [0.2, 0.25) is 0 Å². The number of anilines is 1. The van der Waals surface area contributed by atoms with Crippen molar-refractivity contribution >= 4 is 11.8 Å². The minimum Gasteiger partial charge on any atom is -0.494 e. The van der Waals surface area contributed by atoms with E-state index in [9.17, 15) is 13.2 Å². The van der Waals surface area contributed by atoms with E-state index in [0.29, 0.717) is 25.7 Å². The highest BCUT2D eigenvalue weighted by Crippen LogP contribution is 2.33. The van der Waals surface area contributed by atoms with Gasteiger partial charge in [0, 0.05) is 38.4 Å². The molecule has 1 aromatic heterocycles. The fraction of sp³-hybridized carbons (Fsp3) is 0.368. The van der Waals surface area contributed by atoms with E-state index in [1.165, 1.54) is 12.3 Å². The van der Waals surface area contributed by atoms with Crippen LogP contribution in [0.4, 0.5) is 19.0 Å². The monoisotopic (exact) mass is 395 g/mol. The molecule has 0 saturated carbocycles. The number of alkyl halides is 3. The van der Waals surface area contributed by atoms with Gasteiger partial charge in [0.1, 0.15) is 11.6 Å². The number of benzene rings is 1. The molecule has 0 atom stereocenters. The minimum atomic E-state index is -4.45. The van der Waals surface area contributed by atoms with E-state index in [-0.39, 0.29) is 12.4 Å². The highest BCUT2D eigenvalue weighted by atomic mass is 19.4. The summed E-state index contributed by atoms with van der Waals surface area (Å²) in [5, 5.41) is 8.90. The summed E-state index contributed by atoms with van der Waals surface area (Å²) >= 11 is 0. The number of aliphatic imine (C=N–C) groups is 1. The van der Waals surface area contributed by atoms with Gasteiger partial charge in [-0.15, -0.1) is 0 Å². The van der Waals surface area contributed by atoms with Crippen LogP contribution in [0, 0.1) is 0 Å². The number of nitrogens with zero attached hydrogens (tertiary/aromatic N) is 2. The van der Waals surface area contributed by atoms with Crippen molar-refractivity contribution in [3.63, 3.8) is 0 Å². The first-order valence-electron chi connectivity index (χ1n) is 8.87. The summed E-state index contributed by atoms with van der Waals surface area (Å²) in [6, 6.07) is 9.93. The van der Waals surface area contributed by atoms with E-state index in [4.69, 9.17) is 4.74 Å². The molecule has 0 amide bonds. The lowest BCUT2D eigenvalue weighted by molar-refractivity contribution is -0.137. The third-order valence-electron chi connectivity index (χ3n) is 3.77. The van der Waals surface area contributed by atoms with Gasteiger partial charge in [0.05, 0.1) is 12.2 Å². The van der Waals surface area contributed by atoms with Gasteiger partial charge in [-0.2, -0.15) is 13.2 Å². The van der Waals surface area contributed by atoms with Gasteiger partial charge in [0.15, 0.2) is 5.96 Å². The quantitative estimate of drug-likeness (QED) is 0.364. The van der Waals surface area contributed by atoms with E-state index >= 15 is 0 Å². The highest BCUT2D eigenvalue weighted by Gasteiger charge is 2.33. The molecule has 3 N–H and O–H groups in total. The minimum absolute atomic E-state index is 0.189. The highest BCUT2D eigenvalue weighted by molar-refractivity contribution is 5.79. The molecule has 28 heavy (non-hydrogen) atoms. The van der Waals surface area contributed by atoms with Crippen molar-refractivity contribution in [2.24, 2.45) is 4.99 Å². The SMILES string of the molecule is CCOc1ccccc1CNC(=NC)NCCNc1ncccc1C(F)(F)F. The molecule has 2 rings (SSSR count). The Bertz CT molecular complexity index is 780. The van der Waals surface area contributed by atoms with Crippen LogP contribution in [0.25, 0.3) is 0 Å². The number of pyridine rings is 1. The molecule has 0 unspecified atom stereocenters. The van der Waals surface area contributed by atoms with Crippen LogP contribution < -0.4 is 20.7 Å². The zero-order valence-electron chi connectivity index (χ0n) is 15.8. The third-order valence-corrected chi connectivity index (χ3v) is 3.77. The van der Waals surface area contributed by atoms with E-state index < -0.39 is 11.7 Å². The Morgan fingerprint density at radius 2 is 1.89 bits per heavy atom. The molecule has 0 aliphatic rings. The van der Waals surface area contributed by atoms with Crippen LogP contribution in [0.3, 0.4) is 0 Å². The van der Waals surface area contributed by atoms with Crippen molar-refractivity contribution < 1.29 is 17.9 Å². The number of hydrogen-bond donors (Lipinski definition) is 3. The first kappa shape index (κ1) is 21.3. The molecular weight excluding hydrogens is 371 g/mol. The molecule has 9 heteroatoms. The van der Waals surface area contributed by atoms with Crippen LogP contribution in [0.1, 0.15) is 18.1 Å². The van der Waals surface area contributed by atoms with Crippen LogP contribution in [-0.4, -0.2) is 37.7 Å². The molecule has 0 bridgehead atoms. The van der Waals surface area contributed by atoms with Crippen molar-refractivity contribution in [3.05, 3.63) is 53.7 Å². The maximum absolute atomic E-state index is 13.0. The maximum Gasteiger partial charge on any atom is 0.419 e. The van der Waals surface area contributed by atoms with Crippen LogP contribution in [0.15, 0.2) is 47.6 Å². The Balaban J connectivity index is 1.83. The average Bonchev–Trinajstić information content (AvgIpc) is 2.68. The number of guanidine groups is 1. The third kappa shape index (κ3) is 6.33. The van der Waals surface area contributed by atoms with E-state index in [1.807, 2.05) is 31.2 Å². The number of para-hydroxylation sites is 1. The molecule has 0 saturated heterocycles. The molecule has 152 valence electrons. The number of rotatable bonds is 8. The Kier molecular flexibility index (Phi) is 7.91. The van der Waals surface area contributed by atoms with Crippen molar-refractivity contribution in [2.75, 3.05) is 32.1 Å². The number of ether oxygens (including phenoxy) is 1. The molecule has 0 spiro atoms. The molecule has 1 aromatic carbocycles. The average molecular weight is 395 g/mol. The van der Waals surface area contributed by atoms with E-state index in [0.717, 1.165) is 17.4 Å². The Labute approximate surface area is 162 Å². The normalized spacial score (nSPS) is 11.8. The van der Waals surface area contributed by atoms with E-state index in [2.05, 4.69) is 25.9 Å². The first-order valence-corrected chi connectivity index (χ1v) is 8.87. The lowest BCUT2D eigenvalue weighted by Crippen LogP contribution is -2.39. The molecule has 1 heterocycles. The predicted octanol–water partition coefficient (Wildman–Crippen LogP) is 3.28. The van der Waals surface area contributed by atoms with Gasteiger partial charge in [-0.25, -0.2) is 4.98 Å². The lowest BCUT2D eigenvalue weighted by Gasteiger charge is -2.16. The second-order valence-electron chi connectivity index (χ2n) is 5.72. The largest absolute Gasteiger partial charge is 0.494 e. The molecule has 0 aliphatic carbocycles. The van der Waals surface area contributed by atoms with Crippen LogP contribution in [0.5, 0.6) is 5.75 Å². The summed E-state index contributed by atoms with van der Waals surface area (Å²) in [6.07, 6.45) is -3.13. The van der Waals surface area contributed by atoms with Gasteiger partial charge < -0.3 is 20.7 Å². The number of aromatic nitrogens is 1. The standard InChI is InChI=1S/C19H24F3N5O/c1-3-28-16-9-5-4-7-14(16)13-27-18(23-2)26-12-11-25-17-15(19(20,21)22)8-6-10-24-17/h4-10H,3,11-13H2,1-2H3,(H,24,25)(H2,23,26,27). The Hall–Kier alpha value is -2.97. The summed E-state index contributed by atoms with van der Waals surface area (Å²) in [5.41, 5.74) is 0.193. The summed E-state index contributed by atoms with van der Waals surface area (Å²) < 4.78 is 44.4. The van der Waals surface area contributed by atoms with Crippen molar-refractivity contribution in [2.45, 2.75) is 19.6 Å². The molecule has 0 fully saturated rings. The molecule has 2 aromatic rings. The zero-order valence-corrected chi connectivity index (χ0v) is 15.8. The lowest BCUT2D eigenvalue weighted by atomic mass is 10.2. The second kappa shape index (κ2) is 10.4. The molecule has 0 aliphatic heterocycles. The zero-order chi connectivity index (χ0) is 20.4. The van der Waals surface area contributed by atoms with Crippen LogP contribution >= 0.6 is 0 Å². The van der Waals surface area contributed by atoms with Crippen LogP contribution in [-0.2, 0) is 12.7 Å². The maximum atomic E-state index is 13.0. The van der Waals surface area contributed by atoms with Gasteiger partial charge in [0.25, 0.3) is 0 Å². The Morgan fingerprint density at radius 3 is 2.61 bits per heavy atom. The van der Waals surface area contributed by atoms with Crippen molar-refractivity contribution in [1.29, 1.82) is 0 Å². The second-order valence-corrected chi connectivity index (χ2v) is 5.72. The number of nitrogens with one attached hydrogen (secondary N) is 3. The molecule has 0 radical (unpaired) electrons. The summed E-state index contributed by atoms with van der Waals surface area (Å²) in [4.78, 5) is 7.88. The van der Waals surface area contributed by atoms with Gasteiger partial charge in [-0.05, 0) is 25.1 Å². The van der Waals surface area contributed by atoms with Gasteiger partial charge >= 0.3 is 6.18 Å². The summed E-state index contributed by atoms with van der Waals surface area (Å²) in [5.74, 6) is 1.14. The summed E-state index contributed by atoms with van der Waals surface area (Å²) in [7, 11) is 1.62. The predicted molar refractivity (Wildman–Crippen MR) is 104 cm³/mol. The van der Waals surface area contributed by atoms with Gasteiger partial charge in [-0.1, -0.05) is 18.2 Å². The van der Waals surface area contributed by atoms with Crippen LogP contribution in [0.2, 0.25) is 0 Å². The number of halogens is 3.